The van der Waals surface area contributed by atoms with Gasteiger partial charge in [-0.2, -0.15) is 0 Å². The Morgan fingerprint density at radius 2 is 1.94 bits per heavy atom. The predicted octanol–water partition coefficient (Wildman–Crippen LogP) is 3.19. The highest BCUT2D eigenvalue weighted by molar-refractivity contribution is 9.10. The summed E-state index contributed by atoms with van der Waals surface area (Å²) < 4.78 is 3.37. The molecule has 0 bridgehead atoms. The molecule has 0 saturated carbocycles. The first-order valence-corrected chi connectivity index (χ1v) is 6.58. The minimum Gasteiger partial charge on any atom is -0.347 e. The van der Waals surface area contributed by atoms with Gasteiger partial charge < -0.3 is 10.3 Å². The van der Waals surface area contributed by atoms with Gasteiger partial charge in [-0.1, -0.05) is 28.1 Å². The van der Waals surface area contributed by atoms with E-state index in [0.717, 1.165) is 17.4 Å². The molecule has 2 N–H and O–H groups in total. The third-order valence-electron chi connectivity index (χ3n) is 2.72. The number of halogens is 1. The molecule has 0 radical (unpaired) electrons. The van der Waals surface area contributed by atoms with Crippen molar-refractivity contribution in [1.29, 1.82) is 0 Å². The Morgan fingerprint density at radius 3 is 2.59 bits per heavy atom. The zero-order chi connectivity index (χ0) is 12.3. The van der Waals surface area contributed by atoms with Crippen molar-refractivity contribution in [2.24, 2.45) is 5.73 Å². The van der Waals surface area contributed by atoms with E-state index in [1.54, 1.807) is 0 Å². The topological polar surface area (TPSA) is 30.9 Å². The highest BCUT2D eigenvalue weighted by Crippen LogP contribution is 2.13. The molecule has 0 aliphatic rings. The molecular weight excluding hydrogens is 276 g/mol. The molecule has 90 valence electrons. The van der Waals surface area contributed by atoms with Gasteiger partial charge in [-0.25, -0.2) is 0 Å². The first-order valence-electron chi connectivity index (χ1n) is 5.79. The lowest BCUT2D eigenvalue weighted by Gasteiger charge is -2.11. The Morgan fingerprint density at radius 1 is 1.24 bits per heavy atom. The molecule has 0 aliphatic heterocycles. The van der Waals surface area contributed by atoms with Crippen LogP contribution in [-0.4, -0.2) is 10.6 Å². The van der Waals surface area contributed by atoms with E-state index in [1.807, 2.05) is 6.92 Å². The van der Waals surface area contributed by atoms with Crippen LogP contribution in [0.1, 0.15) is 18.2 Å². The largest absolute Gasteiger partial charge is 0.347 e. The number of hydrogen-bond donors (Lipinski definition) is 1. The molecule has 1 aromatic carbocycles. The first kappa shape index (κ1) is 12.4. The van der Waals surface area contributed by atoms with E-state index in [0.29, 0.717) is 0 Å². The van der Waals surface area contributed by atoms with Crippen LogP contribution in [0.15, 0.2) is 47.1 Å². The molecule has 2 nitrogen and oxygen atoms in total. The van der Waals surface area contributed by atoms with Crippen molar-refractivity contribution < 1.29 is 0 Å². The molecule has 3 heteroatoms. The van der Waals surface area contributed by atoms with Crippen LogP contribution in [0.3, 0.4) is 0 Å². The number of benzene rings is 1. The summed E-state index contributed by atoms with van der Waals surface area (Å²) in [6.07, 6.45) is 3.03. The molecule has 0 spiro atoms. The van der Waals surface area contributed by atoms with Gasteiger partial charge in [0.05, 0.1) is 0 Å². The Balaban J connectivity index is 2.13. The molecule has 0 aliphatic carbocycles. The minimum absolute atomic E-state index is 0.202. The van der Waals surface area contributed by atoms with Crippen molar-refractivity contribution in [2.75, 3.05) is 0 Å². The van der Waals surface area contributed by atoms with Crippen LogP contribution in [0.2, 0.25) is 0 Å². The summed E-state index contributed by atoms with van der Waals surface area (Å²) in [5.74, 6) is 0. The fourth-order valence-corrected chi connectivity index (χ4v) is 2.17. The van der Waals surface area contributed by atoms with Gasteiger partial charge in [0.1, 0.15) is 0 Å². The molecule has 0 amide bonds. The van der Waals surface area contributed by atoms with E-state index in [-0.39, 0.29) is 6.04 Å². The SMILES string of the molecule is CC(N)Cc1cccn1Cc1ccc(Br)cc1. The van der Waals surface area contributed by atoms with Crippen LogP contribution in [0.4, 0.5) is 0 Å². The van der Waals surface area contributed by atoms with Crippen LogP contribution < -0.4 is 5.73 Å². The van der Waals surface area contributed by atoms with Crippen molar-refractivity contribution in [3.8, 4) is 0 Å². The van der Waals surface area contributed by atoms with Gasteiger partial charge >= 0.3 is 0 Å². The third-order valence-corrected chi connectivity index (χ3v) is 3.25. The first-order chi connectivity index (χ1) is 8.15. The number of rotatable bonds is 4. The zero-order valence-electron chi connectivity index (χ0n) is 9.94. The standard InChI is InChI=1S/C14H17BrN2/c1-11(16)9-14-3-2-8-17(14)10-12-4-6-13(15)7-5-12/h2-8,11H,9-10,16H2,1H3. The summed E-state index contributed by atoms with van der Waals surface area (Å²) in [6, 6.07) is 12.8. The van der Waals surface area contributed by atoms with Gasteiger partial charge in [0.15, 0.2) is 0 Å². The van der Waals surface area contributed by atoms with Gasteiger partial charge in [-0.05, 0) is 36.8 Å². The van der Waals surface area contributed by atoms with Gasteiger partial charge in [0.25, 0.3) is 0 Å². The number of nitrogens with zero attached hydrogens (tertiary/aromatic N) is 1. The van der Waals surface area contributed by atoms with E-state index in [2.05, 4.69) is 63.1 Å². The second kappa shape index (κ2) is 5.52. The summed E-state index contributed by atoms with van der Waals surface area (Å²) >= 11 is 3.45. The highest BCUT2D eigenvalue weighted by Gasteiger charge is 2.04. The summed E-state index contributed by atoms with van der Waals surface area (Å²) in [5, 5.41) is 0. The molecule has 1 heterocycles. The minimum atomic E-state index is 0.202. The number of aromatic nitrogens is 1. The summed E-state index contributed by atoms with van der Waals surface area (Å²) in [5.41, 5.74) is 8.44. The van der Waals surface area contributed by atoms with Crippen molar-refractivity contribution in [3.05, 3.63) is 58.3 Å². The maximum absolute atomic E-state index is 5.85. The molecule has 17 heavy (non-hydrogen) atoms. The van der Waals surface area contributed by atoms with E-state index >= 15 is 0 Å². The van der Waals surface area contributed by atoms with Gasteiger partial charge in [-0.3, -0.25) is 0 Å². The van der Waals surface area contributed by atoms with Crippen molar-refractivity contribution in [3.63, 3.8) is 0 Å². The summed E-state index contributed by atoms with van der Waals surface area (Å²) in [4.78, 5) is 0. The van der Waals surface area contributed by atoms with Crippen LogP contribution in [-0.2, 0) is 13.0 Å². The Hall–Kier alpha value is -1.06. The van der Waals surface area contributed by atoms with Gasteiger partial charge in [0, 0.05) is 35.4 Å². The van der Waals surface area contributed by atoms with Crippen LogP contribution in [0, 0.1) is 0 Å². The average molecular weight is 293 g/mol. The molecule has 0 fully saturated rings. The highest BCUT2D eigenvalue weighted by atomic mass is 79.9. The zero-order valence-corrected chi connectivity index (χ0v) is 11.5. The van der Waals surface area contributed by atoms with E-state index in [9.17, 15) is 0 Å². The fourth-order valence-electron chi connectivity index (χ4n) is 1.91. The van der Waals surface area contributed by atoms with Gasteiger partial charge in [0.2, 0.25) is 0 Å². The molecule has 1 aromatic heterocycles. The molecule has 1 atom stereocenters. The summed E-state index contributed by atoms with van der Waals surface area (Å²) in [7, 11) is 0. The Kier molecular flexibility index (Phi) is 4.02. The summed E-state index contributed by atoms with van der Waals surface area (Å²) in [6.45, 7) is 2.94. The Bertz CT molecular complexity index is 471. The molecular formula is C14H17BrN2. The molecule has 2 rings (SSSR count). The second-order valence-electron chi connectivity index (χ2n) is 4.44. The van der Waals surface area contributed by atoms with Crippen molar-refractivity contribution >= 4 is 15.9 Å². The maximum Gasteiger partial charge on any atom is 0.0472 e. The lowest BCUT2D eigenvalue weighted by molar-refractivity contribution is 0.666. The van der Waals surface area contributed by atoms with E-state index in [4.69, 9.17) is 5.73 Å². The quantitative estimate of drug-likeness (QED) is 0.922. The maximum atomic E-state index is 5.85. The van der Waals surface area contributed by atoms with Crippen molar-refractivity contribution in [2.45, 2.75) is 25.9 Å². The number of nitrogens with two attached hydrogens (primary N) is 1. The van der Waals surface area contributed by atoms with Crippen LogP contribution in [0.25, 0.3) is 0 Å². The average Bonchev–Trinajstić information content (AvgIpc) is 2.68. The van der Waals surface area contributed by atoms with Crippen LogP contribution >= 0.6 is 15.9 Å². The fraction of sp³-hybridized carbons (Fsp3) is 0.286. The molecule has 0 saturated heterocycles. The van der Waals surface area contributed by atoms with Crippen molar-refractivity contribution in [1.82, 2.24) is 4.57 Å². The lowest BCUT2D eigenvalue weighted by atomic mass is 10.2. The predicted molar refractivity (Wildman–Crippen MR) is 75.0 cm³/mol. The third kappa shape index (κ3) is 3.45. The van der Waals surface area contributed by atoms with Gasteiger partial charge in [-0.15, -0.1) is 0 Å². The normalized spacial score (nSPS) is 12.6. The molecule has 1 unspecified atom stereocenters. The Labute approximate surface area is 111 Å². The van der Waals surface area contributed by atoms with E-state index < -0.39 is 0 Å². The second-order valence-corrected chi connectivity index (χ2v) is 5.35. The van der Waals surface area contributed by atoms with Crippen LogP contribution in [0.5, 0.6) is 0 Å². The van der Waals surface area contributed by atoms with E-state index in [1.165, 1.54) is 11.3 Å². The number of hydrogen-bond acceptors (Lipinski definition) is 1. The molecule has 2 aromatic rings. The lowest BCUT2D eigenvalue weighted by Crippen LogP contribution is -2.20. The monoisotopic (exact) mass is 292 g/mol. The smallest absolute Gasteiger partial charge is 0.0472 e.